The van der Waals surface area contributed by atoms with Crippen LogP contribution in [0.4, 0.5) is 5.69 Å². The van der Waals surface area contributed by atoms with Crippen molar-refractivity contribution in [1.29, 1.82) is 0 Å². The van der Waals surface area contributed by atoms with E-state index in [1.807, 2.05) is 32.9 Å². The predicted molar refractivity (Wildman–Crippen MR) is 90.1 cm³/mol. The number of hydrogen-bond acceptors (Lipinski definition) is 4. The van der Waals surface area contributed by atoms with Crippen molar-refractivity contribution >= 4 is 17.5 Å². The Hall–Kier alpha value is -2.70. The minimum absolute atomic E-state index is 0.0290. The lowest BCUT2D eigenvalue weighted by Gasteiger charge is -2.09. The van der Waals surface area contributed by atoms with Crippen molar-refractivity contribution in [1.82, 2.24) is 20.3 Å². The summed E-state index contributed by atoms with van der Waals surface area (Å²) in [6, 6.07) is 7.56. The van der Waals surface area contributed by atoms with E-state index in [1.165, 1.54) is 0 Å². The summed E-state index contributed by atoms with van der Waals surface area (Å²) < 4.78 is 1.62. The predicted octanol–water partition coefficient (Wildman–Crippen LogP) is 2.06. The van der Waals surface area contributed by atoms with E-state index in [0.29, 0.717) is 11.4 Å². The molecule has 0 bridgehead atoms. The molecular formula is C17H21N5O2. The Morgan fingerprint density at radius 3 is 2.46 bits per heavy atom. The zero-order valence-electron chi connectivity index (χ0n) is 14.0. The van der Waals surface area contributed by atoms with Crippen LogP contribution in [0.25, 0.3) is 5.69 Å². The van der Waals surface area contributed by atoms with Gasteiger partial charge >= 0.3 is 0 Å². The maximum absolute atomic E-state index is 12.1. The first-order valence-corrected chi connectivity index (χ1v) is 8.10. The van der Waals surface area contributed by atoms with Crippen molar-refractivity contribution in [3.63, 3.8) is 0 Å². The molecule has 1 aliphatic carbocycles. The van der Waals surface area contributed by atoms with Crippen LogP contribution in [0.15, 0.2) is 24.3 Å². The van der Waals surface area contributed by atoms with Crippen LogP contribution >= 0.6 is 0 Å². The number of hydrogen-bond donors (Lipinski definition) is 2. The van der Waals surface area contributed by atoms with E-state index in [4.69, 9.17) is 0 Å². The molecule has 126 valence electrons. The van der Waals surface area contributed by atoms with Crippen LogP contribution in [0.2, 0.25) is 0 Å². The van der Waals surface area contributed by atoms with Crippen molar-refractivity contribution < 1.29 is 9.59 Å². The molecule has 7 heteroatoms. The first-order valence-electron chi connectivity index (χ1n) is 8.10. The van der Waals surface area contributed by atoms with Gasteiger partial charge in [-0.3, -0.25) is 9.59 Å². The number of benzene rings is 1. The van der Waals surface area contributed by atoms with Crippen LogP contribution in [0.1, 0.15) is 42.9 Å². The van der Waals surface area contributed by atoms with Gasteiger partial charge in [0.1, 0.15) is 0 Å². The minimum atomic E-state index is -0.179. The standard InChI is InChI=1S/C17H21N5O2/c1-10(2)16(23)18-13-6-8-14(9-7-13)22-11(3)15(20-21-22)17(24)19-12-4-5-12/h6-10,12H,4-5H2,1-3H3,(H,18,23)(H,19,24). The SMILES string of the molecule is Cc1c(C(=O)NC2CC2)nnn1-c1ccc(NC(=O)C(C)C)cc1. The molecule has 1 heterocycles. The van der Waals surface area contributed by atoms with Crippen LogP contribution < -0.4 is 10.6 Å². The quantitative estimate of drug-likeness (QED) is 0.880. The molecule has 1 aromatic carbocycles. The summed E-state index contributed by atoms with van der Waals surface area (Å²) in [6.07, 6.45) is 2.06. The lowest BCUT2D eigenvalue weighted by atomic mass is 10.2. The molecule has 0 spiro atoms. The average Bonchev–Trinajstić information content (AvgIpc) is 3.28. The zero-order valence-corrected chi connectivity index (χ0v) is 14.0. The smallest absolute Gasteiger partial charge is 0.273 e. The summed E-state index contributed by atoms with van der Waals surface area (Å²) in [6.45, 7) is 5.50. The van der Waals surface area contributed by atoms with E-state index < -0.39 is 0 Å². The number of anilines is 1. The molecular weight excluding hydrogens is 306 g/mol. The molecule has 1 saturated carbocycles. The molecule has 0 saturated heterocycles. The van der Waals surface area contributed by atoms with Crippen LogP contribution in [0.3, 0.4) is 0 Å². The first kappa shape index (κ1) is 16.2. The van der Waals surface area contributed by atoms with Gasteiger partial charge in [0.2, 0.25) is 5.91 Å². The summed E-state index contributed by atoms with van der Waals surface area (Å²) in [5.41, 5.74) is 2.54. The second-order valence-electron chi connectivity index (χ2n) is 6.37. The van der Waals surface area contributed by atoms with E-state index in [9.17, 15) is 9.59 Å². The van der Waals surface area contributed by atoms with Crippen molar-refractivity contribution in [2.75, 3.05) is 5.32 Å². The fraction of sp³-hybridized carbons (Fsp3) is 0.412. The van der Waals surface area contributed by atoms with Crippen LogP contribution in [-0.2, 0) is 4.79 Å². The second kappa shape index (κ2) is 6.43. The fourth-order valence-electron chi connectivity index (χ4n) is 2.24. The van der Waals surface area contributed by atoms with Crippen molar-refractivity contribution in [2.45, 2.75) is 39.7 Å². The summed E-state index contributed by atoms with van der Waals surface area (Å²) in [5, 5.41) is 13.8. The number of carbonyl (C=O) groups is 2. The largest absolute Gasteiger partial charge is 0.348 e. The molecule has 1 aromatic heterocycles. The highest BCUT2D eigenvalue weighted by molar-refractivity contribution is 5.94. The summed E-state index contributed by atoms with van der Waals surface area (Å²) in [5.74, 6) is -0.282. The van der Waals surface area contributed by atoms with Crippen LogP contribution in [0.5, 0.6) is 0 Å². The molecule has 2 amide bonds. The average molecular weight is 327 g/mol. The van der Waals surface area contributed by atoms with Crippen LogP contribution in [-0.4, -0.2) is 32.9 Å². The van der Waals surface area contributed by atoms with E-state index in [0.717, 1.165) is 24.2 Å². The Kier molecular flexibility index (Phi) is 4.33. The third-order valence-electron chi connectivity index (χ3n) is 3.93. The Morgan fingerprint density at radius 2 is 1.88 bits per heavy atom. The number of rotatable bonds is 5. The Morgan fingerprint density at radius 1 is 1.21 bits per heavy atom. The van der Waals surface area contributed by atoms with Gasteiger partial charge < -0.3 is 10.6 Å². The fourth-order valence-corrected chi connectivity index (χ4v) is 2.24. The van der Waals surface area contributed by atoms with E-state index in [2.05, 4.69) is 20.9 Å². The first-order chi connectivity index (χ1) is 11.5. The van der Waals surface area contributed by atoms with Gasteiger partial charge in [-0.2, -0.15) is 0 Å². The maximum Gasteiger partial charge on any atom is 0.273 e. The summed E-state index contributed by atoms with van der Waals surface area (Å²) in [4.78, 5) is 23.8. The van der Waals surface area contributed by atoms with Gasteiger partial charge in [-0.15, -0.1) is 5.10 Å². The van der Waals surface area contributed by atoms with Gasteiger partial charge in [0.25, 0.3) is 5.91 Å². The normalized spacial score (nSPS) is 13.8. The Labute approximate surface area is 140 Å². The van der Waals surface area contributed by atoms with Gasteiger partial charge in [0, 0.05) is 17.6 Å². The number of amides is 2. The van der Waals surface area contributed by atoms with Gasteiger partial charge in [-0.1, -0.05) is 19.1 Å². The highest BCUT2D eigenvalue weighted by Crippen LogP contribution is 2.20. The van der Waals surface area contributed by atoms with Gasteiger partial charge in [-0.05, 0) is 44.0 Å². The maximum atomic E-state index is 12.1. The van der Waals surface area contributed by atoms with Gasteiger partial charge in [-0.25, -0.2) is 4.68 Å². The number of nitrogens with one attached hydrogen (secondary N) is 2. The molecule has 7 nitrogen and oxygen atoms in total. The molecule has 0 unspecified atom stereocenters. The van der Waals surface area contributed by atoms with E-state index in [-0.39, 0.29) is 23.8 Å². The lowest BCUT2D eigenvalue weighted by molar-refractivity contribution is -0.118. The van der Waals surface area contributed by atoms with Crippen molar-refractivity contribution in [3.05, 3.63) is 35.7 Å². The number of nitrogens with zero attached hydrogens (tertiary/aromatic N) is 3. The molecule has 0 atom stereocenters. The summed E-state index contributed by atoms with van der Waals surface area (Å²) in [7, 11) is 0. The topological polar surface area (TPSA) is 88.9 Å². The monoisotopic (exact) mass is 327 g/mol. The molecule has 2 aromatic rings. The highest BCUT2D eigenvalue weighted by Gasteiger charge is 2.26. The molecule has 0 aliphatic heterocycles. The third-order valence-corrected chi connectivity index (χ3v) is 3.93. The highest BCUT2D eigenvalue weighted by atomic mass is 16.2. The molecule has 1 fully saturated rings. The third kappa shape index (κ3) is 3.45. The van der Waals surface area contributed by atoms with Crippen molar-refractivity contribution in [3.8, 4) is 5.69 Å². The van der Waals surface area contributed by atoms with E-state index >= 15 is 0 Å². The lowest BCUT2D eigenvalue weighted by Crippen LogP contribution is -2.26. The second-order valence-corrected chi connectivity index (χ2v) is 6.37. The molecule has 3 rings (SSSR count). The number of aromatic nitrogens is 3. The number of carbonyl (C=O) groups excluding carboxylic acids is 2. The summed E-state index contributed by atoms with van der Waals surface area (Å²) >= 11 is 0. The van der Waals surface area contributed by atoms with Crippen LogP contribution in [0, 0.1) is 12.8 Å². The molecule has 1 aliphatic rings. The zero-order chi connectivity index (χ0) is 17.3. The van der Waals surface area contributed by atoms with Crippen molar-refractivity contribution in [2.24, 2.45) is 5.92 Å². The Bertz CT molecular complexity index is 760. The molecule has 2 N–H and O–H groups in total. The Balaban J connectivity index is 1.75. The molecule has 24 heavy (non-hydrogen) atoms. The minimum Gasteiger partial charge on any atom is -0.348 e. The van der Waals surface area contributed by atoms with Gasteiger partial charge in [0.15, 0.2) is 5.69 Å². The van der Waals surface area contributed by atoms with E-state index in [1.54, 1.807) is 16.8 Å². The molecule has 0 radical (unpaired) electrons. The van der Waals surface area contributed by atoms with Gasteiger partial charge in [0.05, 0.1) is 11.4 Å².